The van der Waals surface area contributed by atoms with E-state index in [0.29, 0.717) is 11.7 Å². The number of nitrogens with two attached hydrogens (primary N) is 1. The normalized spacial score (nSPS) is 21.9. The molecule has 1 amide bonds. The second-order valence-electron chi connectivity index (χ2n) is 6.51. The standard InChI is InChI=1S/C17H27N3O/c1-12-6-5-7-14(10-12)20(4)16-11-13(18)8-9-15(16)17(21)19(2)3/h8-9,11-12,14H,5-7,10,18H2,1-4H3. The molecule has 1 aliphatic carbocycles. The third-order valence-electron chi connectivity index (χ3n) is 4.49. The first-order valence-electron chi connectivity index (χ1n) is 7.74. The fourth-order valence-corrected chi connectivity index (χ4v) is 3.21. The number of nitrogen functional groups attached to an aromatic ring is 1. The Morgan fingerprint density at radius 2 is 1.95 bits per heavy atom. The van der Waals surface area contributed by atoms with Crippen LogP contribution in [-0.4, -0.2) is 38.0 Å². The van der Waals surface area contributed by atoms with Crippen LogP contribution in [0.3, 0.4) is 0 Å². The molecule has 1 aromatic rings. The smallest absolute Gasteiger partial charge is 0.255 e. The van der Waals surface area contributed by atoms with E-state index >= 15 is 0 Å². The lowest BCUT2D eigenvalue weighted by Gasteiger charge is -2.36. The summed E-state index contributed by atoms with van der Waals surface area (Å²) < 4.78 is 0. The van der Waals surface area contributed by atoms with Crippen LogP contribution in [0.2, 0.25) is 0 Å². The van der Waals surface area contributed by atoms with Crippen LogP contribution in [0.1, 0.15) is 43.0 Å². The van der Waals surface area contributed by atoms with Crippen molar-refractivity contribution in [3.8, 4) is 0 Å². The summed E-state index contributed by atoms with van der Waals surface area (Å²) in [6, 6.07) is 6.06. The highest BCUT2D eigenvalue weighted by Gasteiger charge is 2.25. The maximum absolute atomic E-state index is 12.4. The molecule has 1 saturated carbocycles. The number of carbonyl (C=O) groups is 1. The summed E-state index contributed by atoms with van der Waals surface area (Å²) in [5.74, 6) is 0.779. The van der Waals surface area contributed by atoms with Gasteiger partial charge < -0.3 is 15.5 Å². The third kappa shape index (κ3) is 3.49. The summed E-state index contributed by atoms with van der Waals surface area (Å²) in [7, 11) is 5.65. The van der Waals surface area contributed by atoms with Gasteiger partial charge in [0.25, 0.3) is 5.91 Å². The van der Waals surface area contributed by atoms with Gasteiger partial charge in [-0.1, -0.05) is 19.8 Å². The predicted octanol–water partition coefficient (Wildman–Crippen LogP) is 2.99. The largest absolute Gasteiger partial charge is 0.399 e. The maximum atomic E-state index is 12.4. The Labute approximate surface area is 127 Å². The second-order valence-corrected chi connectivity index (χ2v) is 6.51. The van der Waals surface area contributed by atoms with Gasteiger partial charge in [0, 0.05) is 32.9 Å². The lowest BCUT2D eigenvalue weighted by molar-refractivity contribution is 0.0828. The minimum absolute atomic E-state index is 0.0284. The van der Waals surface area contributed by atoms with Gasteiger partial charge in [-0.25, -0.2) is 0 Å². The van der Waals surface area contributed by atoms with Gasteiger partial charge in [0.15, 0.2) is 0 Å². The number of hydrogen-bond donors (Lipinski definition) is 1. The molecule has 116 valence electrons. The lowest BCUT2D eigenvalue weighted by atomic mass is 9.86. The van der Waals surface area contributed by atoms with Crippen molar-refractivity contribution < 1.29 is 4.79 Å². The van der Waals surface area contributed by atoms with E-state index in [-0.39, 0.29) is 5.91 Å². The summed E-state index contributed by atoms with van der Waals surface area (Å²) >= 11 is 0. The molecule has 4 nitrogen and oxygen atoms in total. The molecule has 0 heterocycles. The fraction of sp³-hybridized carbons (Fsp3) is 0.588. The van der Waals surface area contributed by atoms with Crippen LogP contribution in [-0.2, 0) is 0 Å². The summed E-state index contributed by atoms with van der Waals surface area (Å²) in [5, 5.41) is 0. The first kappa shape index (κ1) is 15.7. The Kier molecular flexibility index (Phi) is 4.76. The number of benzene rings is 1. The Hall–Kier alpha value is -1.71. The zero-order valence-corrected chi connectivity index (χ0v) is 13.6. The Morgan fingerprint density at radius 3 is 2.57 bits per heavy atom. The van der Waals surface area contributed by atoms with Gasteiger partial charge in [0.2, 0.25) is 0 Å². The first-order valence-corrected chi connectivity index (χ1v) is 7.74. The minimum Gasteiger partial charge on any atom is -0.399 e. The molecule has 2 N–H and O–H groups in total. The Bertz CT molecular complexity index is 513. The molecule has 1 aromatic carbocycles. The number of carbonyl (C=O) groups excluding carboxylic acids is 1. The van der Waals surface area contributed by atoms with Crippen LogP contribution in [0.15, 0.2) is 18.2 Å². The molecule has 0 bridgehead atoms. The van der Waals surface area contributed by atoms with Gasteiger partial charge in [-0.3, -0.25) is 4.79 Å². The Balaban J connectivity index is 2.32. The van der Waals surface area contributed by atoms with Gasteiger partial charge >= 0.3 is 0 Å². The van der Waals surface area contributed by atoms with Crippen LogP contribution in [0.5, 0.6) is 0 Å². The van der Waals surface area contributed by atoms with Crippen LogP contribution in [0.25, 0.3) is 0 Å². The molecule has 0 spiro atoms. The molecule has 21 heavy (non-hydrogen) atoms. The molecule has 0 aliphatic heterocycles. The number of anilines is 2. The number of amides is 1. The molecule has 4 heteroatoms. The average molecular weight is 289 g/mol. The van der Waals surface area contributed by atoms with Crippen molar-refractivity contribution >= 4 is 17.3 Å². The maximum Gasteiger partial charge on any atom is 0.255 e. The van der Waals surface area contributed by atoms with Gasteiger partial charge in [0.1, 0.15) is 0 Å². The van der Waals surface area contributed by atoms with Crippen molar-refractivity contribution in [2.75, 3.05) is 31.8 Å². The summed E-state index contributed by atoms with van der Waals surface area (Å²) in [6.07, 6.45) is 4.94. The monoisotopic (exact) mass is 289 g/mol. The van der Waals surface area contributed by atoms with Crippen molar-refractivity contribution in [3.05, 3.63) is 23.8 Å². The molecular formula is C17H27N3O. The van der Waals surface area contributed by atoms with Gasteiger partial charge in [0.05, 0.1) is 11.3 Å². The number of hydrogen-bond acceptors (Lipinski definition) is 3. The summed E-state index contributed by atoms with van der Waals surface area (Å²) in [6.45, 7) is 2.31. The molecular weight excluding hydrogens is 262 g/mol. The van der Waals surface area contributed by atoms with Crippen molar-refractivity contribution in [2.24, 2.45) is 5.92 Å². The molecule has 0 aromatic heterocycles. The van der Waals surface area contributed by atoms with E-state index in [1.165, 1.54) is 25.7 Å². The van der Waals surface area contributed by atoms with E-state index in [1.807, 2.05) is 12.1 Å². The van der Waals surface area contributed by atoms with Crippen molar-refractivity contribution in [3.63, 3.8) is 0 Å². The SMILES string of the molecule is CC1CCCC(N(C)c2cc(N)ccc2C(=O)N(C)C)C1. The van der Waals surface area contributed by atoms with Crippen LogP contribution < -0.4 is 10.6 Å². The number of rotatable bonds is 3. The average Bonchev–Trinajstić information content (AvgIpc) is 2.45. The molecule has 0 saturated heterocycles. The minimum atomic E-state index is 0.0284. The van der Waals surface area contributed by atoms with E-state index in [4.69, 9.17) is 5.73 Å². The van der Waals surface area contributed by atoms with Crippen molar-refractivity contribution in [1.29, 1.82) is 0 Å². The van der Waals surface area contributed by atoms with E-state index in [2.05, 4.69) is 18.9 Å². The molecule has 1 fully saturated rings. The summed E-state index contributed by atoms with van der Waals surface area (Å²) in [5.41, 5.74) is 8.33. The number of nitrogens with zero attached hydrogens (tertiary/aromatic N) is 2. The molecule has 2 rings (SSSR count). The van der Waals surface area contributed by atoms with Crippen LogP contribution >= 0.6 is 0 Å². The van der Waals surface area contributed by atoms with Crippen LogP contribution in [0, 0.1) is 5.92 Å². The van der Waals surface area contributed by atoms with E-state index in [0.717, 1.165) is 17.2 Å². The van der Waals surface area contributed by atoms with Crippen LogP contribution in [0.4, 0.5) is 11.4 Å². The van der Waals surface area contributed by atoms with Crippen molar-refractivity contribution in [2.45, 2.75) is 38.6 Å². The zero-order chi connectivity index (χ0) is 15.6. The van der Waals surface area contributed by atoms with Gasteiger partial charge in [-0.05, 0) is 37.0 Å². The molecule has 0 radical (unpaired) electrons. The fourth-order valence-electron chi connectivity index (χ4n) is 3.21. The summed E-state index contributed by atoms with van der Waals surface area (Å²) in [4.78, 5) is 16.3. The Morgan fingerprint density at radius 1 is 1.24 bits per heavy atom. The molecule has 2 unspecified atom stereocenters. The van der Waals surface area contributed by atoms with Gasteiger partial charge in [-0.2, -0.15) is 0 Å². The highest BCUT2D eigenvalue weighted by molar-refractivity contribution is 6.00. The third-order valence-corrected chi connectivity index (χ3v) is 4.49. The first-order chi connectivity index (χ1) is 9.90. The van der Waals surface area contributed by atoms with E-state index < -0.39 is 0 Å². The van der Waals surface area contributed by atoms with E-state index in [1.54, 1.807) is 25.1 Å². The topological polar surface area (TPSA) is 49.6 Å². The zero-order valence-electron chi connectivity index (χ0n) is 13.6. The highest BCUT2D eigenvalue weighted by Crippen LogP contribution is 2.32. The van der Waals surface area contributed by atoms with Gasteiger partial charge in [-0.15, -0.1) is 0 Å². The highest BCUT2D eigenvalue weighted by atomic mass is 16.2. The lowest BCUT2D eigenvalue weighted by Crippen LogP contribution is -2.37. The second kappa shape index (κ2) is 6.37. The van der Waals surface area contributed by atoms with E-state index in [9.17, 15) is 4.79 Å². The quantitative estimate of drug-likeness (QED) is 0.870. The molecule has 2 atom stereocenters. The predicted molar refractivity (Wildman–Crippen MR) is 88.7 cm³/mol. The molecule has 1 aliphatic rings. The van der Waals surface area contributed by atoms with Crippen molar-refractivity contribution in [1.82, 2.24) is 4.90 Å².